The van der Waals surface area contributed by atoms with Gasteiger partial charge in [-0.25, -0.2) is 0 Å². The number of rotatable bonds is 3. The Hall–Kier alpha value is -2.12. The summed E-state index contributed by atoms with van der Waals surface area (Å²) in [4.78, 5) is 24.1. The highest BCUT2D eigenvalue weighted by atomic mass is 16.6. The van der Waals surface area contributed by atoms with Crippen LogP contribution in [0.1, 0.15) is 51.4 Å². The predicted octanol–water partition coefficient (Wildman–Crippen LogP) is 2.73. The average molecular weight is 334 g/mol. The second kappa shape index (κ2) is 7.63. The Morgan fingerprint density at radius 3 is 1.83 bits per heavy atom. The van der Waals surface area contributed by atoms with Gasteiger partial charge in [0.1, 0.15) is 0 Å². The summed E-state index contributed by atoms with van der Waals surface area (Å²) in [6.07, 6.45) is 8.97. The van der Waals surface area contributed by atoms with Crippen LogP contribution in [0.25, 0.3) is 0 Å². The van der Waals surface area contributed by atoms with Crippen LogP contribution in [0, 0.1) is 10.1 Å². The fourth-order valence-corrected chi connectivity index (χ4v) is 3.54. The van der Waals surface area contributed by atoms with Gasteiger partial charge in [0.25, 0.3) is 0 Å². The molecule has 8 nitrogen and oxygen atoms in total. The van der Waals surface area contributed by atoms with E-state index in [4.69, 9.17) is 5.73 Å². The summed E-state index contributed by atoms with van der Waals surface area (Å²) >= 11 is 0. The molecule has 0 bridgehead atoms. The van der Waals surface area contributed by atoms with Crippen molar-refractivity contribution >= 4 is 23.3 Å². The molecule has 2 N–H and O–H groups in total. The fourth-order valence-electron chi connectivity index (χ4n) is 3.54. The Labute approximate surface area is 142 Å². The summed E-state index contributed by atoms with van der Waals surface area (Å²) in [7, 11) is 0. The monoisotopic (exact) mass is 334 g/mol. The van der Waals surface area contributed by atoms with Crippen molar-refractivity contribution in [2.24, 2.45) is 0 Å². The molecule has 1 aromatic rings. The second-order valence-electron chi connectivity index (χ2n) is 6.64. The van der Waals surface area contributed by atoms with Gasteiger partial charge in [-0.1, -0.05) is 25.7 Å². The zero-order valence-electron chi connectivity index (χ0n) is 14.1. The molecule has 2 saturated heterocycles. The number of hydrogen-bond donors (Lipinski definition) is 1. The smallest absolute Gasteiger partial charge is 0.353 e. The number of nitro groups is 1. The molecule has 0 atom stereocenters. The van der Waals surface area contributed by atoms with E-state index < -0.39 is 4.92 Å². The van der Waals surface area contributed by atoms with Gasteiger partial charge in [0.2, 0.25) is 17.6 Å². The number of hydrogen-bond acceptors (Lipinski definition) is 7. The minimum atomic E-state index is -0.443. The number of aromatic nitrogens is 2. The molecule has 2 aliphatic heterocycles. The van der Waals surface area contributed by atoms with Crippen LogP contribution in [0.5, 0.6) is 0 Å². The Kier molecular flexibility index (Phi) is 5.32. The zero-order chi connectivity index (χ0) is 16.9. The van der Waals surface area contributed by atoms with E-state index in [1.165, 1.54) is 12.8 Å². The molecule has 8 heteroatoms. The molecular formula is C16H26N6O2. The molecule has 3 heterocycles. The average Bonchev–Trinajstić information content (AvgIpc) is 2.98. The van der Waals surface area contributed by atoms with Gasteiger partial charge in [0.05, 0.1) is 4.92 Å². The van der Waals surface area contributed by atoms with Gasteiger partial charge < -0.3 is 15.5 Å². The fraction of sp³-hybridized carbons (Fsp3) is 0.750. The molecule has 0 unspecified atom stereocenters. The highest BCUT2D eigenvalue weighted by Crippen LogP contribution is 2.34. The molecule has 24 heavy (non-hydrogen) atoms. The standard InChI is InChI=1S/C16H26N6O2/c17-14-13(22(23)24)15(20-9-5-1-2-6-10-20)19-16(18-14)21-11-7-3-4-8-12-21/h1-12H2,(H2,17,18,19). The summed E-state index contributed by atoms with van der Waals surface area (Å²) in [5, 5.41) is 11.5. The Bertz CT molecular complexity index is 578. The summed E-state index contributed by atoms with van der Waals surface area (Å²) in [5.74, 6) is 0.918. The van der Waals surface area contributed by atoms with Crippen LogP contribution in [-0.4, -0.2) is 41.1 Å². The van der Waals surface area contributed by atoms with Crippen molar-refractivity contribution in [2.45, 2.75) is 51.4 Å². The summed E-state index contributed by atoms with van der Waals surface area (Å²) in [6, 6.07) is 0. The van der Waals surface area contributed by atoms with Crippen LogP contribution in [0.4, 0.5) is 23.3 Å². The molecule has 0 amide bonds. The van der Waals surface area contributed by atoms with Crippen molar-refractivity contribution in [3.05, 3.63) is 10.1 Å². The number of nitrogens with two attached hydrogens (primary N) is 1. The second-order valence-corrected chi connectivity index (χ2v) is 6.64. The lowest BCUT2D eigenvalue weighted by atomic mass is 10.2. The largest absolute Gasteiger partial charge is 0.378 e. The highest BCUT2D eigenvalue weighted by Gasteiger charge is 2.29. The molecule has 2 fully saturated rings. The van der Waals surface area contributed by atoms with Crippen molar-refractivity contribution in [3.63, 3.8) is 0 Å². The van der Waals surface area contributed by atoms with Crippen LogP contribution in [-0.2, 0) is 0 Å². The van der Waals surface area contributed by atoms with Gasteiger partial charge >= 0.3 is 5.69 Å². The van der Waals surface area contributed by atoms with Crippen LogP contribution in [0.2, 0.25) is 0 Å². The minimum absolute atomic E-state index is 0.0199. The normalized spacial score (nSPS) is 19.7. The first-order valence-corrected chi connectivity index (χ1v) is 8.98. The van der Waals surface area contributed by atoms with E-state index in [1.54, 1.807) is 0 Å². The van der Waals surface area contributed by atoms with Crippen LogP contribution in [0.15, 0.2) is 0 Å². The van der Waals surface area contributed by atoms with Gasteiger partial charge in [-0.2, -0.15) is 9.97 Å². The van der Waals surface area contributed by atoms with E-state index in [-0.39, 0.29) is 11.5 Å². The third-order valence-corrected chi connectivity index (χ3v) is 4.86. The van der Waals surface area contributed by atoms with Crippen LogP contribution >= 0.6 is 0 Å². The van der Waals surface area contributed by atoms with Crippen molar-refractivity contribution in [1.82, 2.24) is 9.97 Å². The van der Waals surface area contributed by atoms with Crippen LogP contribution < -0.4 is 15.5 Å². The Balaban J connectivity index is 1.98. The number of anilines is 3. The molecule has 3 rings (SSSR count). The van der Waals surface area contributed by atoms with E-state index in [0.29, 0.717) is 11.8 Å². The summed E-state index contributed by atoms with van der Waals surface area (Å²) in [6.45, 7) is 3.35. The predicted molar refractivity (Wildman–Crippen MR) is 94.5 cm³/mol. The lowest BCUT2D eigenvalue weighted by Gasteiger charge is -2.25. The molecule has 1 aromatic heterocycles. The van der Waals surface area contributed by atoms with Crippen molar-refractivity contribution in [3.8, 4) is 0 Å². The first kappa shape index (κ1) is 16.7. The molecule has 0 spiro atoms. The lowest BCUT2D eigenvalue weighted by molar-refractivity contribution is -0.383. The number of nitrogen functional groups attached to an aromatic ring is 1. The van der Waals surface area contributed by atoms with E-state index in [1.807, 2.05) is 4.90 Å². The third-order valence-electron chi connectivity index (χ3n) is 4.86. The molecule has 0 radical (unpaired) electrons. The van der Waals surface area contributed by atoms with Crippen LogP contribution in [0.3, 0.4) is 0 Å². The van der Waals surface area contributed by atoms with Crippen molar-refractivity contribution < 1.29 is 4.92 Å². The van der Waals surface area contributed by atoms with Gasteiger partial charge in [-0.15, -0.1) is 0 Å². The van der Waals surface area contributed by atoms with E-state index in [9.17, 15) is 10.1 Å². The quantitative estimate of drug-likeness (QED) is 0.670. The Morgan fingerprint density at radius 2 is 1.33 bits per heavy atom. The minimum Gasteiger partial charge on any atom is -0.378 e. The summed E-state index contributed by atoms with van der Waals surface area (Å²) < 4.78 is 0. The molecule has 0 saturated carbocycles. The van der Waals surface area contributed by atoms with Gasteiger partial charge in [-0.05, 0) is 25.7 Å². The van der Waals surface area contributed by atoms with E-state index in [2.05, 4.69) is 14.9 Å². The molecule has 132 valence electrons. The molecular weight excluding hydrogens is 308 g/mol. The first-order chi connectivity index (χ1) is 11.7. The topological polar surface area (TPSA) is 101 Å². The SMILES string of the molecule is Nc1nc(N2CCCCCC2)nc(N2CCCCCC2)c1[N+](=O)[O-]. The maximum Gasteiger partial charge on any atom is 0.353 e. The van der Waals surface area contributed by atoms with Crippen molar-refractivity contribution in [2.75, 3.05) is 41.7 Å². The molecule has 2 aliphatic rings. The Morgan fingerprint density at radius 1 is 0.833 bits per heavy atom. The molecule has 0 aliphatic carbocycles. The first-order valence-electron chi connectivity index (χ1n) is 8.98. The van der Waals surface area contributed by atoms with Gasteiger partial charge in [0, 0.05) is 26.2 Å². The molecule has 0 aromatic carbocycles. The van der Waals surface area contributed by atoms with Gasteiger partial charge in [-0.3, -0.25) is 10.1 Å². The van der Waals surface area contributed by atoms with E-state index >= 15 is 0 Å². The summed E-state index contributed by atoms with van der Waals surface area (Å²) in [5.41, 5.74) is 5.83. The zero-order valence-corrected chi connectivity index (χ0v) is 14.1. The highest BCUT2D eigenvalue weighted by molar-refractivity contribution is 5.71. The van der Waals surface area contributed by atoms with Gasteiger partial charge in [0.15, 0.2) is 0 Å². The number of nitrogens with zero attached hydrogens (tertiary/aromatic N) is 5. The maximum absolute atomic E-state index is 11.5. The lowest BCUT2D eigenvalue weighted by Crippen LogP contribution is -2.30. The third kappa shape index (κ3) is 3.68. The maximum atomic E-state index is 11.5. The van der Waals surface area contributed by atoms with E-state index in [0.717, 1.165) is 64.7 Å². The van der Waals surface area contributed by atoms with Crippen molar-refractivity contribution in [1.29, 1.82) is 0 Å².